The van der Waals surface area contributed by atoms with Gasteiger partial charge in [0.25, 0.3) is 10.7 Å². The zero-order chi connectivity index (χ0) is 15.5. The molecule has 0 radical (unpaired) electrons. The van der Waals surface area contributed by atoms with Crippen LogP contribution in [0.2, 0.25) is 0 Å². The first-order valence-electron chi connectivity index (χ1n) is 7.03. The molecule has 22 heavy (non-hydrogen) atoms. The fourth-order valence-electron chi connectivity index (χ4n) is 2.38. The van der Waals surface area contributed by atoms with Crippen LogP contribution in [0.5, 0.6) is 0 Å². The number of nitro benzene ring substituents is 1. The lowest BCUT2D eigenvalue weighted by molar-refractivity contribution is -0.665. The number of hydrogen-bond acceptors (Lipinski definition) is 3. The third kappa shape index (κ3) is 2.76. The monoisotopic (exact) mass is 311 g/mol. The van der Waals surface area contributed by atoms with Crippen molar-refractivity contribution in [3.8, 4) is 0 Å². The highest BCUT2D eigenvalue weighted by molar-refractivity contribution is 7.18. The Morgan fingerprint density at radius 2 is 1.86 bits per heavy atom. The van der Waals surface area contributed by atoms with Gasteiger partial charge in [-0.25, -0.2) is 0 Å². The van der Waals surface area contributed by atoms with Crippen LogP contribution < -0.4 is 4.57 Å². The first-order chi connectivity index (χ1) is 10.7. The summed E-state index contributed by atoms with van der Waals surface area (Å²) in [7, 11) is 0. The van der Waals surface area contributed by atoms with Crippen molar-refractivity contribution in [2.75, 3.05) is 0 Å². The second kappa shape index (κ2) is 6.07. The number of nitro groups is 1. The Morgan fingerprint density at radius 1 is 1.14 bits per heavy atom. The molecule has 2 aromatic carbocycles. The van der Waals surface area contributed by atoms with E-state index in [0.717, 1.165) is 12.1 Å². The number of benzene rings is 2. The van der Waals surface area contributed by atoms with Crippen LogP contribution in [0.3, 0.4) is 0 Å². The van der Waals surface area contributed by atoms with E-state index in [0.29, 0.717) is 0 Å². The van der Waals surface area contributed by atoms with Crippen LogP contribution in [0.25, 0.3) is 22.4 Å². The predicted molar refractivity (Wildman–Crippen MR) is 89.7 cm³/mol. The summed E-state index contributed by atoms with van der Waals surface area (Å²) in [5.74, 6) is 0. The molecule has 5 heteroatoms. The van der Waals surface area contributed by atoms with Crippen LogP contribution in [-0.4, -0.2) is 4.92 Å². The molecular weight excluding hydrogens is 296 g/mol. The number of hydrogen-bond donors (Lipinski definition) is 0. The van der Waals surface area contributed by atoms with E-state index >= 15 is 0 Å². The average molecular weight is 311 g/mol. The first-order valence-corrected chi connectivity index (χ1v) is 7.84. The molecule has 0 amide bonds. The Labute approximate surface area is 132 Å². The summed E-state index contributed by atoms with van der Waals surface area (Å²) in [6, 6.07) is 14.9. The fourth-order valence-corrected chi connectivity index (χ4v) is 3.51. The SMILES string of the molecule is CC[n+]1c(C=Cc2ccc([N+](=O)[O-])cc2)sc2ccccc21. The van der Waals surface area contributed by atoms with Gasteiger partial charge < -0.3 is 0 Å². The first kappa shape index (κ1) is 14.4. The van der Waals surface area contributed by atoms with E-state index in [-0.39, 0.29) is 10.6 Å². The molecule has 1 heterocycles. The molecule has 0 bridgehead atoms. The Balaban J connectivity index is 1.93. The van der Waals surface area contributed by atoms with Crippen molar-refractivity contribution >= 4 is 39.4 Å². The smallest absolute Gasteiger partial charge is 0.258 e. The summed E-state index contributed by atoms with van der Waals surface area (Å²) in [6.07, 6.45) is 4.05. The van der Waals surface area contributed by atoms with E-state index in [4.69, 9.17) is 0 Å². The number of thiazole rings is 1. The number of para-hydroxylation sites is 1. The quantitative estimate of drug-likeness (QED) is 0.410. The molecule has 0 aliphatic heterocycles. The van der Waals surface area contributed by atoms with Gasteiger partial charge in [-0.05, 0) is 36.8 Å². The van der Waals surface area contributed by atoms with Crippen molar-refractivity contribution in [1.82, 2.24) is 0 Å². The average Bonchev–Trinajstić information content (AvgIpc) is 2.90. The van der Waals surface area contributed by atoms with E-state index in [2.05, 4.69) is 29.7 Å². The summed E-state index contributed by atoms with van der Waals surface area (Å²) < 4.78 is 3.52. The second-order valence-corrected chi connectivity index (χ2v) is 5.90. The van der Waals surface area contributed by atoms with Crippen molar-refractivity contribution in [2.45, 2.75) is 13.5 Å². The summed E-state index contributed by atoms with van der Waals surface area (Å²) in [5, 5.41) is 11.8. The molecule has 0 atom stereocenters. The Hall–Kier alpha value is -2.53. The molecule has 3 rings (SSSR count). The zero-order valence-corrected chi connectivity index (χ0v) is 12.9. The highest BCUT2D eigenvalue weighted by Gasteiger charge is 2.15. The highest BCUT2D eigenvalue weighted by atomic mass is 32.1. The number of aromatic nitrogens is 1. The lowest BCUT2D eigenvalue weighted by atomic mass is 10.2. The van der Waals surface area contributed by atoms with Crippen LogP contribution in [0.4, 0.5) is 5.69 Å². The Morgan fingerprint density at radius 3 is 2.55 bits per heavy atom. The van der Waals surface area contributed by atoms with E-state index in [1.807, 2.05) is 18.2 Å². The van der Waals surface area contributed by atoms with E-state index < -0.39 is 0 Å². The molecule has 0 aliphatic carbocycles. The molecule has 1 aromatic heterocycles. The minimum atomic E-state index is -0.384. The van der Waals surface area contributed by atoms with Gasteiger partial charge in [0.05, 0.1) is 4.92 Å². The third-order valence-electron chi connectivity index (χ3n) is 3.48. The fraction of sp³-hybridized carbons (Fsp3) is 0.118. The van der Waals surface area contributed by atoms with Gasteiger partial charge in [-0.1, -0.05) is 23.5 Å². The Bertz CT molecular complexity index is 851. The highest BCUT2D eigenvalue weighted by Crippen LogP contribution is 2.22. The van der Waals surface area contributed by atoms with Gasteiger partial charge in [0, 0.05) is 24.3 Å². The lowest BCUT2D eigenvalue weighted by Gasteiger charge is -1.93. The molecule has 0 fully saturated rings. The van der Waals surface area contributed by atoms with Crippen molar-refractivity contribution < 1.29 is 9.49 Å². The molecule has 110 valence electrons. The summed E-state index contributed by atoms with van der Waals surface area (Å²) in [5.41, 5.74) is 2.30. The summed E-state index contributed by atoms with van der Waals surface area (Å²) in [6.45, 7) is 3.03. The van der Waals surface area contributed by atoms with Gasteiger partial charge in [0.2, 0.25) is 5.52 Å². The summed E-state index contributed by atoms with van der Waals surface area (Å²) >= 11 is 1.74. The molecule has 0 spiro atoms. The predicted octanol–water partition coefficient (Wildman–Crippen LogP) is 4.29. The van der Waals surface area contributed by atoms with Crippen molar-refractivity contribution in [3.05, 3.63) is 69.2 Å². The largest absolute Gasteiger partial charge is 0.269 e. The van der Waals surface area contributed by atoms with E-state index in [9.17, 15) is 10.1 Å². The van der Waals surface area contributed by atoms with Crippen LogP contribution in [0.1, 0.15) is 17.5 Å². The molecule has 0 unspecified atom stereocenters. The molecule has 0 N–H and O–H groups in total. The maximum atomic E-state index is 10.7. The van der Waals surface area contributed by atoms with Crippen molar-refractivity contribution in [3.63, 3.8) is 0 Å². The molecule has 0 aliphatic rings. The zero-order valence-electron chi connectivity index (χ0n) is 12.1. The number of nitrogens with zero attached hydrogens (tertiary/aromatic N) is 2. The maximum Gasteiger partial charge on any atom is 0.269 e. The molecule has 4 nitrogen and oxygen atoms in total. The van der Waals surface area contributed by atoms with Gasteiger partial charge in [-0.15, -0.1) is 0 Å². The number of aryl methyl sites for hydroxylation is 1. The molecule has 0 saturated heterocycles. The van der Waals surface area contributed by atoms with E-state index in [1.54, 1.807) is 23.5 Å². The number of rotatable bonds is 4. The van der Waals surface area contributed by atoms with Crippen molar-refractivity contribution in [2.24, 2.45) is 0 Å². The van der Waals surface area contributed by atoms with Gasteiger partial charge in [-0.2, -0.15) is 4.57 Å². The van der Waals surface area contributed by atoms with E-state index in [1.165, 1.54) is 27.4 Å². The lowest BCUT2D eigenvalue weighted by Crippen LogP contribution is -2.33. The number of fused-ring (bicyclic) bond motifs is 1. The van der Waals surface area contributed by atoms with Crippen LogP contribution >= 0.6 is 11.3 Å². The maximum absolute atomic E-state index is 10.7. The minimum Gasteiger partial charge on any atom is -0.258 e. The number of non-ortho nitro benzene ring substituents is 1. The van der Waals surface area contributed by atoms with Gasteiger partial charge >= 0.3 is 0 Å². The van der Waals surface area contributed by atoms with Gasteiger partial charge in [-0.3, -0.25) is 10.1 Å². The molecule has 0 saturated carbocycles. The van der Waals surface area contributed by atoms with Gasteiger partial charge in [0.15, 0.2) is 0 Å². The molecular formula is C17H15N2O2S+. The molecule has 3 aromatic rings. The second-order valence-electron chi connectivity index (χ2n) is 4.83. The Kier molecular flexibility index (Phi) is 3.98. The standard InChI is InChI=1S/C17H15N2O2S/c1-2-18-15-5-3-4-6-16(15)22-17(18)12-9-13-7-10-14(11-8-13)19(20)21/h3-12H,2H2,1H3/q+1. The van der Waals surface area contributed by atoms with Gasteiger partial charge in [0.1, 0.15) is 11.2 Å². The minimum absolute atomic E-state index is 0.114. The normalized spacial score (nSPS) is 11.3. The van der Waals surface area contributed by atoms with Crippen LogP contribution in [-0.2, 0) is 6.54 Å². The third-order valence-corrected chi connectivity index (χ3v) is 4.61. The topological polar surface area (TPSA) is 47.0 Å². The van der Waals surface area contributed by atoms with Crippen molar-refractivity contribution in [1.29, 1.82) is 0 Å². The van der Waals surface area contributed by atoms with Crippen LogP contribution in [0.15, 0.2) is 48.5 Å². The van der Waals surface area contributed by atoms with Crippen LogP contribution in [0, 0.1) is 10.1 Å². The summed E-state index contributed by atoms with van der Waals surface area (Å²) in [4.78, 5) is 10.3.